The van der Waals surface area contributed by atoms with E-state index in [1.807, 2.05) is 19.9 Å². The van der Waals surface area contributed by atoms with Gasteiger partial charge in [-0.3, -0.25) is 0 Å². The van der Waals surface area contributed by atoms with Gasteiger partial charge in [-0.1, -0.05) is 58.0 Å². The second-order valence-electron chi connectivity index (χ2n) is 9.08. The molecular formula is C24H28F3NO2. The molecule has 0 aliphatic heterocycles. The van der Waals surface area contributed by atoms with Crippen LogP contribution in [0.25, 0.3) is 10.9 Å². The molecule has 0 saturated heterocycles. The van der Waals surface area contributed by atoms with Crippen LogP contribution in [0.1, 0.15) is 56.9 Å². The van der Waals surface area contributed by atoms with Gasteiger partial charge in [-0.05, 0) is 52.5 Å². The average molecular weight is 419 g/mol. The zero-order valence-corrected chi connectivity index (χ0v) is 17.6. The van der Waals surface area contributed by atoms with Crippen molar-refractivity contribution < 1.29 is 23.4 Å². The Balaban J connectivity index is 1.98. The van der Waals surface area contributed by atoms with E-state index in [4.69, 9.17) is 0 Å². The largest absolute Gasteiger partial charge is 0.508 e. The molecule has 0 aliphatic rings. The molecule has 1 unspecified atom stereocenters. The molecule has 2 aromatic carbocycles. The minimum atomic E-state index is -4.84. The maximum Gasteiger partial charge on any atom is 0.417 e. The Labute approximate surface area is 174 Å². The highest BCUT2D eigenvalue weighted by Gasteiger charge is 2.56. The number of benzene rings is 2. The van der Waals surface area contributed by atoms with E-state index < -0.39 is 30.0 Å². The normalized spacial score (nSPS) is 15.0. The predicted octanol–water partition coefficient (Wildman–Crippen LogP) is 6.20. The number of fused-ring (bicyclic) bond motifs is 1. The fourth-order valence-electron chi connectivity index (χ4n) is 4.09. The summed E-state index contributed by atoms with van der Waals surface area (Å²) in [4.78, 5) is 2.97. The fraction of sp³-hybridized carbons (Fsp3) is 0.417. The Kier molecular flexibility index (Phi) is 5.67. The molecule has 30 heavy (non-hydrogen) atoms. The summed E-state index contributed by atoms with van der Waals surface area (Å²) in [5.74, 6) is 0.0903. The van der Waals surface area contributed by atoms with Gasteiger partial charge in [0, 0.05) is 17.6 Å². The Morgan fingerprint density at radius 2 is 1.67 bits per heavy atom. The highest BCUT2D eigenvalue weighted by molar-refractivity contribution is 5.80. The number of halogens is 3. The minimum Gasteiger partial charge on any atom is -0.508 e. The van der Waals surface area contributed by atoms with Gasteiger partial charge >= 0.3 is 6.18 Å². The lowest BCUT2D eigenvalue weighted by atomic mass is 9.72. The van der Waals surface area contributed by atoms with Gasteiger partial charge in [0.2, 0.25) is 0 Å². The van der Waals surface area contributed by atoms with E-state index in [1.54, 1.807) is 50.2 Å². The van der Waals surface area contributed by atoms with E-state index in [1.165, 1.54) is 6.07 Å². The number of phenolic OH excluding ortho intramolecular Hbond substituents is 1. The van der Waals surface area contributed by atoms with Gasteiger partial charge in [0.1, 0.15) is 5.75 Å². The number of para-hydroxylation sites is 1. The smallest absolute Gasteiger partial charge is 0.417 e. The number of rotatable bonds is 6. The Hall–Kier alpha value is -2.47. The maximum atomic E-state index is 14.1. The first-order chi connectivity index (χ1) is 13.8. The average Bonchev–Trinajstić information content (AvgIpc) is 3.02. The molecule has 0 radical (unpaired) electrons. The summed E-state index contributed by atoms with van der Waals surface area (Å²) in [6, 6.07) is 13.8. The van der Waals surface area contributed by atoms with Gasteiger partial charge in [0.05, 0.1) is 0 Å². The summed E-state index contributed by atoms with van der Waals surface area (Å²) < 4.78 is 42.2. The van der Waals surface area contributed by atoms with E-state index >= 15 is 0 Å². The number of aliphatic hydroxyl groups is 1. The lowest BCUT2D eigenvalue weighted by molar-refractivity contribution is -0.266. The van der Waals surface area contributed by atoms with Crippen molar-refractivity contribution in [3.05, 3.63) is 65.4 Å². The third kappa shape index (κ3) is 4.33. The summed E-state index contributed by atoms with van der Waals surface area (Å²) in [5.41, 5.74) is -1.73. The van der Waals surface area contributed by atoms with Crippen molar-refractivity contribution in [2.45, 2.75) is 63.6 Å². The van der Waals surface area contributed by atoms with Crippen LogP contribution in [0.3, 0.4) is 0 Å². The monoisotopic (exact) mass is 419 g/mol. The van der Waals surface area contributed by atoms with Gasteiger partial charge in [0.25, 0.3) is 0 Å². The molecule has 0 fully saturated rings. The van der Waals surface area contributed by atoms with Crippen molar-refractivity contribution in [1.29, 1.82) is 0 Å². The molecule has 0 aliphatic carbocycles. The topological polar surface area (TPSA) is 56.2 Å². The number of aromatic amines is 1. The summed E-state index contributed by atoms with van der Waals surface area (Å²) >= 11 is 0. The standard InChI is InChI=1S/C24H28F3NO2/c1-15(2)16-9-10-21(29)19(12-16)22(3,4)14-23(30,24(25,26)27)13-18-11-17-7-5-6-8-20(17)28-18/h5-12,15,28-30H,13-14H2,1-4H3. The lowest BCUT2D eigenvalue weighted by Crippen LogP contribution is -2.50. The van der Waals surface area contributed by atoms with E-state index in [0.717, 1.165) is 16.5 Å². The van der Waals surface area contributed by atoms with Gasteiger partial charge in [-0.15, -0.1) is 0 Å². The Morgan fingerprint density at radius 3 is 2.27 bits per heavy atom. The predicted molar refractivity (Wildman–Crippen MR) is 113 cm³/mol. The quantitative estimate of drug-likeness (QED) is 0.445. The highest BCUT2D eigenvalue weighted by Crippen LogP contribution is 2.45. The van der Waals surface area contributed by atoms with Crippen LogP contribution >= 0.6 is 0 Å². The van der Waals surface area contributed by atoms with Crippen molar-refractivity contribution >= 4 is 10.9 Å². The van der Waals surface area contributed by atoms with E-state index in [0.29, 0.717) is 11.3 Å². The van der Waals surface area contributed by atoms with Crippen molar-refractivity contribution in [2.24, 2.45) is 0 Å². The third-order valence-electron chi connectivity index (χ3n) is 5.75. The number of aromatic hydroxyl groups is 1. The number of H-pyrrole nitrogens is 1. The summed E-state index contributed by atoms with van der Waals surface area (Å²) in [5, 5.41) is 22.0. The molecule has 1 atom stereocenters. The van der Waals surface area contributed by atoms with Crippen molar-refractivity contribution in [1.82, 2.24) is 4.98 Å². The van der Waals surface area contributed by atoms with Gasteiger partial charge < -0.3 is 15.2 Å². The second kappa shape index (κ2) is 7.65. The zero-order chi connectivity index (χ0) is 22.3. The Morgan fingerprint density at radius 1 is 1.00 bits per heavy atom. The first-order valence-corrected chi connectivity index (χ1v) is 10.0. The summed E-state index contributed by atoms with van der Waals surface area (Å²) in [6.07, 6.45) is -6.03. The van der Waals surface area contributed by atoms with Crippen LogP contribution in [-0.2, 0) is 11.8 Å². The van der Waals surface area contributed by atoms with Gasteiger partial charge in [-0.2, -0.15) is 13.2 Å². The van der Waals surface area contributed by atoms with Crippen LogP contribution in [0.2, 0.25) is 0 Å². The van der Waals surface area contributed by atoms with Crippen LogP contribution < -0.4 is 0 Å². The number of hydrogen-bond donors (Lipinski definition) is 3. The van der Waals surface area contributed by atoms with Crippen molar-refractivity contribution in [2.75, 3.05) is 0 Å². The number of aromatic nitrogens is 1. The number of alkyl halides is 3. The van der Waals surface area contributed by atoms with Crippen LogP contribution in [0.5, 0.6) is 5.75 Å². The molecule has 1 heterocycles. The molecule has 3 rings (SSSR count). The van der Waals surface area contributed by atoms with Gasteiger partial charge in [-0.25, -0.2) is 0 Å². The molecule has 3 aromatic rings. The van der Waals surface area contributed by atoms with Crippen LogP contribution in [0.4, 0.5) is 13.2 Å². The Bertz CT molecular complexity index is 1000. The molecule has 0 saturated carbocycles. The zero-order valence-electron chi connectivity index (χ0n) is 17.6. The van der Waals surface area contributed by atoms with E-state index in [-0.39, 0.29) is 11.7 Å². The summed E-state index contributed by atoms with van der Waals surface area (Å²) in [6.45, 7) is 7.19. The lowest BCUT2D eigenvalue weighted by Gasteiger charge is -2.38. The first kappa shape index (κ1) is 22.2. The first-order valence-electron chi connectivity index (χ1n) is 10.0. The van der Waals surface area contributed by atoms with Crippen molar-refractivity contribution in [3.63, 3.8) is 0 Å². The number of nitrogens with one attached hydrogen (secondary N) is 1. The second-order valence-corrected chi connectivity index (χ2v) is 9.08. The summed E-state index contributed by atoms with van der Waals surface area (Å²) in [7, 11) is 0. The molecule has 6 heteroatoms. The maximum absolute atomic E-state index is 14.1. The molecule has 162 valence electrons. The van der Waals surface area contributed by atoms with Crippen molar-refractivity contribution in [3.8, 4) is 5.75 Å². The van der Waals surface area contributed by atoms with Crippen LogP contribution in [0.15, 0.2) is 48.5 Å². The molecule has 0 amide bonds. The van der Waals surface area contributed by atoms with Crippen LogP contribution in [0, 0.1) is 0 Å². The molecule has 0 bridgehead atoms. The van der Waals surface area contributed by atoms with E-state index in [9.17, 15) is 23.4 Å². The molecule has 0 spiro atoms. The fourth-order valence-corrected chi connectivity index (χ4v) is 4.09. The molecule has 1 aromatic heterocycles. The minimum absolute atomic E-state index is 0.0699. The van der Waals surface area contributed by atoms with Gasteiger partial charge in [0.15, 0.2) is 5.60 Å². The third-order valence-corrected chi connectivity index (χ3v) is 5.75. The molecule has 3 nitrogen and oxygen atoms in total. The molecular weight excluding hydrogens is 391 g/mol. The number of hydrogen-bond acceptors (Lipinski definition) is 2. The SMILES string of the molecule is CC(C)c1ccc(O)c(C(C)(C)CC(O)(Cc2cc3ccccc3[nH]2)C(F)(F)F)c1. The van der Waals surface area contributed by atoms with E-state index in [2.05, 4.69) is 4.98 Å². The van der Waals surface area contributed by atoms with Crippen LogP contribution in [-0.4, -0.2) is 27.0 Å². The highest BCUT2D eigenvalue weighted by atomic mass is 19.4. The number of phenols is 1. The molecule has 3 N–H and O–H groups in total.